The van der Waals surface area contributed by atoms with Gasteiger partial charge in [0.15, 0.2) is 0 Å². The van der Waals surface area contributed by atoms with Crippen molar-refractivity contribution in [1.82, 2.24) is 15.6 Å². The molecule has 1 rings (SSSR count). The molecule has 1 heterocycles. The van der Waals surface area contributed by atoms with Crippen molar-refractivity contribution in [1.29, 1.82) is 0 Å². The van der Waals surface area contributed by atoms with Gasteiger partial charge >= 0.3 is 12.0 Å². The summed E-state index contributed by atoms with van der Waals surface area (Å²) < 4.78 is 0. The Morgan fingerprint density at radius 3 is 2.82 bits per heavy atom. The van der Waals surface area contributed by atoms with Crippen LogP contribution in [0.3, 0.4) is 0 Å². The van der Waals surface area contributed by atoms with E-state index in [-0.39, 0.29) is 12.6 Å². The summed E-state index contributed by atoms with van der Waals surface area (Å²) in [5.74, 6) is -1.43. The van der Waals surface area contributed by atoms with Crippen LogP contribution in [0.25, 0.3) is 0 Å². The van der Waals surface area contributed by atoms with Gasteiger partial charge in [0.1, 0.15) is 0 Å². The van der Waals surface area contributed by atoms with Crippen molar-refractivity contribution >= 4 is 23.3 Å². The van der Waals surface area contributed by atoms with E-state index in [1.165, 1.54) is 11.3 Å². The smallest absolute Gasteiger partial charge is 0.315 e. The Balaban J connectivity index is 2.23. The summed E-state index contributed by atoms with van der Waals surface area (Å²) in [7, 11) is 0. The maximum absolute atomic E-state index is 11.4. The molecular formula is C10H15N3O3S. The molecule has 7 heteroatoms. The van der Waals surface area contributed by atoms with E-state index in [0.29, 0.717) is 13.0 Å². The normalized spacial score (nSPS) is 11.8. The predicted octanol–water partition coefficient (Wildman–Crippen LogP) is 1.05. The number of hydrogen-bond acceptors (Lipinski definition) is 4. The van der Waals surface area contributed by atoms with Crippen molar-refractivity contribution in [2.45, 2.75) is 19.9 Å². The maximum atomic E-state index is 11.4. The van der Waals surface area contributed by atoms with Crippen LogP contribution in [0.15, 0.2) is 11.7 Å². The first-order valence-electron chi connectivity index (χ1n) is 5.25. The third-order valence-corrected chi connectivity index (χ3v) is 3.04. The zero-order valence-electron chi connectivity index (χ0n) is 9.47. The van der Waals surface area contributed by atoms with Crippen molar-refractivity contribution in [2.24, 2.45) is 5.92 Å². The number of hydrogen-bond donors (Lipinski definition) is 3. The fourth-order valence-corrected chi connectivity index (χ4v) is 1.72. The standard InChI is InChI=1S/C10H15N3O3S/c1-2-7(9(14)15)3-12-10(16)13-5-8-4-11-6-17-8/h4,6-7H,2-3,5H2,1H3,(H,14,15)(H2,12,13,16). The molecule has 0 aliphatic carbocycles. The minimum absolute atomic E-state index is 0.139. The lowest BCUT2D eigenvalue weighted by atomic mass is 10.1. The fraction of sp³-hybridized carbons (Fsp3) is 0.500. The van der Waals surface area contributed by atoms with E-state index in [4.69, 9.17) is 5.11 Å². The molecular weight excluding hydrogens is 242 g/mol. The number of carboxylic acid groups (broad SMARTS) is 1. The van der Waals surface area contributed by atoms with Gasteiger partial charge in [0.2, 0.25) is 0 Å². The van der Waals surface area contributed by atoms with Crippen molar-refractivity contribution in [3.8, 4) is 0 Å². The summed E-state index contributed by atoms with van der Waals surface area (Å²) in [6.07, 6.45) is 2.17. The zero-order chi connectivity index (χ0) is 12.7. The number of nitrogens with zero attached hydrogens (tertiary/aromatic N) is 1. The number of rotatable bonds is 6. The van der Waals surface area contributed by atoms with Crippen LogP contribution in [0, 0.1) is 5.92 Å². The van der Waals surface area contributed by atoms with Crippen LogP contribution >= 0.6 is 11.3 Å². The molecule has 3 N–H and O–H groups in total. The van der Waals surface area contributed by atoms with Crippen molar-refractivity contribution in [3.63, 3.8) is 0 Å². The number of carbonyl (C=O) groups is 2. The highest BCUT2D eigenvalue weighted by atomic mass is 32.1. The summed E-state index contributed by atoms with van der Waals surface area (Å²) in [5, 5.41) is 13.9. The van der Waals surface area contributed by atoms with E-state index in [1.807, 2.05) is 0 Å². The van der Waals surface area contributed by atoms with Gasteiger partial charge in [-0.1, -0.05) is 6.92 Å². The van der Waals surface area contributed by atoms with E-state index in [9.17, 15) is 9.59 Å². The van der Waals surface area contributed by atoms with E-state index in [2.05, 4.69) is 15.6 Å². The number of urea groups is 1. The summed E-state index contributed by atoms with van der Waals surface area (Å²) in [5.41, 5.74) is 1.69. The second-order valence-electron chi connectivity index (χ2n) is 3.47. The van der Waals surface area contributed by atoms with Gasteiger partial charge in [-0.05, 0) is 6.42 Å². The van der Waals surface area contributed by atoms with E-state index in [0.717, 1.165) is 4.88 Å². The average molecular weight is 257 g/mol. The third kappa shape index (κ3) is 4.81. The van der Waals surface area contributed by atoms with Gasteiger partial charge in [-0.2, -0.15) is 0 Å². The third-order valence-electron chi connectivity index (χ3n) is 2.26. The number of nitrogens with one attached hydrogen (secondary N) is 2. The molecule has 1 aromatic rings. The molecule has 0 fully saturated rings. The first-order chi connectivity index (χ1) is 8.13. The molecule has 0 saturated carbocycles. The zero-order valence-corrected chi connectivity index (χ0v) is 10.3. The van der Waals surface area contributed by atoms with Gasteiger partial charge in [-0.15, -0.1) is 11.3 Å². The van der Waals surface area contributed by atoms with Crippen LogP contribution in [0.1, 0.15) is 18.2 Å². The van der Waals surface area contributed by atoms with Crippen LogP contribution < -0.4 is 10.6 Å². The first-order valence-corrected chi connectivity index (χ1v) is 6.13. The highest BCUT2D eigenvalue weighted by molar-refractivity contribution is 7.09. The number of aliphatic carboxylic acids is 1. The predicted molar refractivity (Wildman–Crippen MR) is 63.8 cm³/mol. The van der Waals surface area contributed by atoms with Crippen LogP contribution in [-0.4, -0.2) is 28.6 Å². The molecule has 2 amide bonds. The Morgan fingerprint density at radius 1 is 1.53 bits per heavy atom. The highest BCUT2D eigenvalue weighted by Crippen LogP contribution is 2.04. The van der Waals surface area contributed by atoms with Crippen LogP contribution in [0.5, 0.6) is 0 Å². The lowest BCUT2D eigenvalue weighted by molar-refractivity contribution is -0.141. The molecule has 0 bridgehead atoms. The minimum Gasteiger partial charge on any atom is -0.481 e. The van der Waals surface area contributed by atoms with Crippen molar-refractivity contribution in [2.75, 3.05) is 6.54 Å². The number of thiazole rings is 1. The number of amides is 2. The molecule has 0 saturated heterocycles. The van der Waals surface area contributed by atoms with Crippen LogP contribution in [-0.2, 0) is 11.3 Å². The lowest BCUT2D eigenvalue weighted by Crippen LogP contribution is -2.39. The fourth-order valence-electron chi connectivity index (χ4n) is 1.18. The second kappa shape index (κ2) is 6.85. The number of carboxylic acids is 1. The van der Waals surface area contributed by atoms with Crippen molar-refractivity contribution < 1.29 is 14.7 Å². The van der Waals surface area contributed by atoms with Gasteiger partial charge in [0.25, 0.3) is 0 Å². The summed E-state index contributed by atoms with van der Waals surface area (Å²) >= 11 is 1.45. The average Bonchev–Trinajstić information content (AvgIpc) is 2.79. The molecule has 1 unspecified atom stereocenters. The summed E-state index contributed by atoms with van der Waals surface area (Å²) in [6, 6.07) is -0.363. The van der Waals surface area contributed by atoms with Gasteiger partial charge in [0.05, 0.1) is 18.0 Å². The van der Waals surface area contributed by atoms with Gasteiger partial charge in [-0.3, -0.25) is 9.78 Å². The largest absolute Gasteiger partial charge is 0.481 e. The van der Waals surface area contributed by atoms with Gasteiger partial charge in [-0.25, -0.2) is 4.79 Å². The highest BCUT2D eigenvalue weighted by Gasteiger charge is 2.15. The molecule has 0 aromatic carbocycles. The Hall–Kier alpha value is -1.63. The van der Waals surface area contributed by atoms with Gasteiger partial charge < -0.3 is 15.7 Å². The Morgan fingerprint density at radius 2 is 2.29 bits per heavy atom. The molecule has 94 valence electrons. The molecule has 0 aliphatic heterocycles. The minimum atomic E-state index is -0.893. The van der Waals surface area contributed by atoms with Crippen LogP contribution in [0.2, 0.25) is 0 Å². The van der Waals surface area contributed by atoms with E-state index in [1.54, 1.807) is 18.6 Å². The first kappa shape index (κ1) is 13.4. The second-order valence-corrected chi connectivity index (χ2v) is 4.45. The number of aromatic nitrogens is 1. The molecule has 0 spiro atoms. The Labute approximate surface area is 103 Å². The Kier molecular flexibility index (Phi) is 5.41. The van der Waals surface area contributed by atoms with Gasteiger partial charge in [0, 0.05) is 17.6 Å². The number of carbonyl (C=O) groups excluding carboxylic acids is 1. The van der Waals surface area contributed by atoms with E-state index >= 15 is 0 Å². The summed E-state index contributed by atoms with van der Waals surface area (Å²) in [6.45, 7) is 2.32. The SMILES string of the molecule is CCC(CNC(=O)NCc1cncs1)C(=O)O. The monoisotopic (exact) mass is 257 g/mol. The lowest BCUT2D eigenvalue weighted by Gasteiger charge is -2.11. The molecule has 0 radical (unpaired) electrons. The summed E-state index contributed by atoms with van der Waals surface area (Å²) in [4.78, 5) is 26.9. The van der Waals surface area contributed by atoms with Crippen molar-refractivity contribution in [3.05, 3.63) is 16.6 Å². The molecule has 1 aromatic heterocycles. The molecule has 17 heavy (non-hydrogen) atoms. The molecule has 6 nitrogen and oxygen atoms in total. The quantitative estimate of drug-likeness (QED) is 0.710. The Bertz CT molecular complexity index is 367. The topological polar surface area (TPSA) is 91.3 Å². The maximum Gasteiger partial charge on any atom is 0.315 e. The van der Waals surface area contributed by atoms with E-state index < -0.39 is 11.9 Å². The van der Waals surface area contributed by atoms with Crippen LogP contribution in [0.4, 0.5) is 4.79 Å². The molecule has 1 atom stereocenters. The molecule has 0 aliphatic rings.